The summed E-state index contributed by atoms with van der Waals surface area (Å²) in [5.74, 6) is 0. The summed E-state index contributed by atoms with van der Waals surface area (Å²) in [5.41, 5.74) is 2.31. The molecule has 6 heteroatoms. The Morgan fingerprint density at radius 1 is 0.958 bits per heavy atom. The van der Waals surface area contributed by atoms with E-state index < -0.39 is 0 Å². The third kappa shape index (κ3) is 4.41. The lowest BCUT2D eigenvalue weighted by atomic mass is 10.1. The van der Waals surface area contributed by atoms with Gasteiger partial charge in [-0.1, -0.05) is 46.3 Å². The average molecular weight is 390 g/mol. The van der Waals surface area contributed by atoms with Gasteiger partial charge in [0.2, 0.25) is 0 Å². The molecule has 0 bridgehead atoms. The fourth-order valence-corrected chi connectivity index (χ4v) is 3.51. The van der Waals surface area contributed by atoms with Gasteiger partial charge < -0.3 is 0 Å². The van der Waals surface area contributed by atoms with Gasteiger partial charge in [-0.15, -0.1) is 0 Å². The Morgan fingerprint density at radius 2 is 1.62 bits per heavy atom. The Bertz CT molecular complexity index is 715. The molecule has 5 nitrogen and oxygen atoms in total. The quantitative estimate of drug-likeness (QED) is 0.578. The second-order valence-electron chi connectivity index (χ2n) is 6.07. The van der Waals surface area contributed by atoms with Crippen molar-refractivity contribution < 1.29 is 4.92 Å². The van der Waals surface area contributed by atoms with Gasteiger partial charge in [0.15, 0.2) is 0 Å². The molecule has 1 aliphatic heterocycles. The SMILES string of the molecule is O=[N+]([O-])c1ccccc1CN1CCN(Cc2cccc(Br)c2)CC1. The number of hydrogen-bond donors (Lipinski definition) is 0. The first-order chi connectivity index (χ1) is 11.6. The van der Waals surface area contributed by atoms with Crippen LogP contribution in [-0.2, 0) is 13.1 Å². The highest BCUT2D eigenvalue weighted by Crippen LogP contribution is 2.21. The molecule has 3 rings (SSSR count). The second-order valence-corrected chi connectivity index (χ2v) is 6.98. The van der Waals surface area contributed by atoms with Crippen LogP contribution in [0, 0.1) is 10.1 Å². The van der Waals surface area contributed by atoms with Crippen molar-refractivity contribution in [3.05, 3.63) is 74.2 Å². The van der Waals surface area contributed by atoms with Crippen molar-refractivity contribution in [2.75, 3.05) is 26.2 Å². The monoisotopic (exact) mass is 389 g/mol. The van der Waals surface area contributed by atoms with Gasteiger partial charge in [-0.3, -0.25) is 19.9 Å². The van der Waals surface area contributed by atoms with Gasteiger partial charge in [0.25, 0.3) is 5.69 Å². The van der Waals surface area contributed by atoms with Gasteiger partial charge in [0.05, 0.1) is 4.92 Å². The van der Waals surface area contributed by atoms with Crippen molar-refractivity contribution in [2.45, 2.75) is 13.1 Å². The minimum Gasteiger partial charge on any atom is -0.297 e. The number of benzene rings is 2. The van der Waals surface area contributed by atoms with Crippen molar-refractivity contribution in [2.24, 2.45) is 0 Å². The number of rotatable bonds is 5. The van der Waals surface area contributed by atoms with E-state index in [0.717, 1.165) is 42.8 Å². The van der Waals surface area contributed by atoms with E-state index in [4.69, 9.17) is 0 Å². The standard InChI is InChI=1S/C18H20BrN3O2/c19-17-6-3-4-15(12-17)13-20-8-10-21(11-9-20)14-16-5-1-2-7-18(16)22(23)24/h1-7,12H,8-11,13-14H2. The summed E-state index contributed by atoms with van der Waals surface area (Å²) < 4.78 is 1.11. The van der Waals surface area contributed by atoms with E-state index in [1.165, 1.54) is 5.56 Å². The molecule has 0 saturated carbocycles. The molecular formula is C18H20BrN3O2. The van der Waals surface area contributed by atoms with E-state index in [0.29, 0.717) is 6.54 Å². The van der Waals surface area contributed by atoms with E-state index in [1.807, 2.05) is 18.2 Å². The molecule has 2 aromatic rings. The van der Waals surface area contributed by atoms with Crippen molar-refractivity contribution in [3.8, 4) is 0 Å². The van der Waals surface area contributed by atoms with Gasteiger partial charge in [-0.25, -0.2) is 0 Å². The van der Waals surface area contributed by atoms with Gasteiger partial charge in [0, 0.05) is 55.4 Å². The number of nitro benzene ring substituents is 1. The molecular weight excluding hydrogens is 370 g/mol. The summed E-state index contributed by atoms with van der Waals surface area (Å²) in [6.45, 7) is 5.40. The third-order valence-electron chi connectivity index (χ3n) is 4.34. The summed E-state index contributed by atoms with van der Waals surface area (Å²) in [6.07, 6.45) is 0. The van der Waals surface area contributed by atoms with Crippen LogP contribution < -0.4 is 0 Å². The first kappa shape index (κ1) is 17.1. The Morgan fingerprint density at radius 3 is 2.29 bits per heavy atom. The molecule has 0 aliphatic carbocycles. The smallest absolute Gasteiger partial charge is 0.273 e. The van der Waals surface area contributed by atoms with Crippen LogP contribution in [0.3, 0.4) is 0 Å². The summed E-state index contributed by atoms with van der Waals surface area (Å²) in [4.78, 5) is 15.5. The first-order valence-electron chi connectivity index (χ1n) is 8.03. The summed E-state index contributed by atoms with van der Waals surface area (Å²) in [7, 11) is 0. The topological polar surface area (TPSA) is 49.6 Å². The maximum absolute atomic E-state index is 11.1. The average Bonchev–Trinajstić information content (AvgIpc) is 2.57. The van der Waals surface area contributed by atoms with Crippen LogP contribution in [0.5, 0.6) is 0 Å². The highest BCUT2D eigenvalue weighted by Gasteiger charge is 2.20. The molecule has 0 spiro atoms. The lowest BCUT2D eigenvalue weighted by Crippen LogP contribution is -2.45. The number of para-hydroxylation sites is 1. The Balaban J connectivity index is 1.55. The van der Waals surface area contributed by atoms with Crippen molar-refractivity contribution in [1.82, 2.24) is 9.80 Å². The molecule has 1 heterocycles. The maximum Gasteiger partial charge on any atom is 0.273 e. The van der Waals surface area contributed by atoms with Gasteiger partial charge in [-0.05, 0) is 17.7 Å². The van der Waals surface area contributed by atoms with Crippen LogP contribution in [0.25, 0.3) is 0 Å². The molecule has 0 radical (unpaired) electrons. The minimum atomic E-state index is -0.293. The number of piperazine rings is 1. The highest BCUT2D eigenvalue weighted by molar-refractivity contribution is 9.10. The molecule has 24 heavy (non-hydrogen) atoms. The van der Waals surface area contributed by atoms with Gasteiger partial charge in [-0.2, -0.15) is 0 Å². The Kier molecular flexibility index (Phi) is 5.60. The lowest BCUT2D eigenvalue weighted by molar-refractivity contribution is -0.385. The summed E-state index contributed by atoms with van der Waals surface area (Å²) >= 11 is 3.51. The molecule has 2 aromatic carbocycles. The molecule has 1 fully saturated rings. The van der Waals surface area contributed by atoms with E-state index in [9.17, 15) is 10.1 Å². The predicted molar refractivity (Wildman–Crippen MR) is 97.8 cm³/mol. The summed E-state index contributed by atoms with van der Waals surface area (Å²) in [6, 6.07) is 15.4. The Hall–Kier alpha value is -1.76. The molecule has 0 atom stereocenters. The van der Waals surface area contributed by atoms with Crippen LogP contribution in [0.15, 0.2) is 53.0 Å². The molecule has 0 amide bonds. The molecule has 1 saturated heterocycles. The maximum atomic E-state index is 11.1. The third-order valence-corrected chi connectivity index (χ3v) is 4.84. The zero-order valence-electron chi connectivity index (χ0n) is 13.4. The molecule has 0 unspecified atom stereocenters. The number of nitro groups is 1. The van der Waals surface area contributed by atoms with Gasteiger partial charge in [0.1, 0.15) is 0 Å². The van der Waals surface area contributed by atoms with Crippen LogP contribution in [0.1, 0.15) is 11.1 Å². The van der Waals surface area contributed by atoms with Crippen LogP contribution >= 0.6 is 15.9 Å². The molecule has 1 aliphatic rings. The fraction of sp³-hybridized carbons (Fsp3) is 0.333. The van der Waals surface area contributed by atoms with E-state index >= 15 is 0 Å². The largest absolute Gasteiger partial charge is 0.297 e. The summed E-state index contributed by atoms with van der Waals surface area (Å²) in [5, 5.41) is 11.1. The second kappa shape index (κ2) is 7.88. The minimum absolute atomic E-state index is 0.217. The first-order valence-corrected chi connectivity index (χ1v) is 8.82. The molecule has 126 valence electrons. The van der Waals surface area contributed by atoms with Crippen molar-refractivity contribution in [3.63, 3.8) is 0 Å². The van der Waals surface area contributed by atoms with Gasteiger partial charge >= 0.3 is 0 Å². The lowest BCUT2D eigenvalue weighted by Gasteiger charge is -2.34. The number of nitrogens with zero attached hydrogens (tertiary/aromatic N) is 3. The zero-order chi connectivity index (χ0) is 16.9. The van der Waals surface area contributed by atoms with Crippen molar-refractivity contribution in [1.29, 1.82) is 0 Å². The zero-order valence-corrected chi connectivity index (χ0v) is 15.0. The van der Waals surface area contributed by atoms with Crippen LogP contribution in [0.2, 0.25) is 0 Å². The van der Waals surface area contributed by atoms with E-state index in [1.54, 1.807) is 12.1 Å². The fourth-order valence-electron chi connectivity index (χ4n) is 3.06. The Labute approximate surface area is 150 Å². The van der Waals surface area contributed by atoms with Crippen molar-refractivity contribution >= 4 is 21.6 Å². The number of halogens is 1. The highest BCUT2D eigenvalue weighted by atomic mass is 79.9. The predicted octanol–water partition coefficient (Wildman–Crippen LogP) is 3.68. The molecule has 0 aromatic heterocycles. The van der Waals surface area contributed by atoms with E-state index in [-0.39, 0.29) is 10.6 Å². The molecule has 0 N–H and O–H groups in total. The van der Waals surface area contributed by atoms with E-state index in [2.05, 4.69) is 43.9 Å². The normalized spacial score (nSPS) is 16.2. The van der Waals surface area contributed by atoms with Crippen LogP contribution in [0.4, 0.5) is 5.69 Å². The number of hydrogen-bond acceptors (Lipinski definition) is 4. The van der Waals surface area contributed by atoms with Crippen LogP contribution in [-0.4, -0.2) is 40.9 Å².